The van der Waals surface area contributed by atoms with E-state index in [1.807, 2.05) is 44.3 Å². The van der Waals surface area contributed by atoms with Crippen molar-refractivity contribution in [1.82, 2.24) is 4.98 Å². The molecule has 0 bridgehead atoms. The van der Waals surface area contributed by atoms with Gasteiger partial charge in [-0.05, 0) is 31.0 Å². The molecular weight excluding hydrogens is 258 g/mol. The van der Waals surface area contributed by atoms with Gasteiger partial charge in [0.05, 0.1) is 6.10 Å². The molecule has 1 aromatic heterocycles. The lowest BCUT2D eigenvalue weighted by Gasteiger charge is -2.15. The highest BCUT2D eigenvalue weighted by Gasteiger charge is 2.12. The van der Waals surface area contributed by atoms with Gasteiger partial charge in [-0.15, -0.1) is 0 Å². The highest BCUT2D eigenvalue weighted by molar-refractivity contribution is 6.31. The van der Waals surface area contributed by atoms with E-state index in [4.69, 9.17) is 16.3 Å². The first-order chi connectivity index (χ1) is 9.08. The SMILES string of the molecule is CC(C)Oc1ncc([C@@H](C)c2ccccc2)cc1Cl. The van der Waals surface area contributed by atoms with Gasteiger partial charge >= 0.3 is 0 Å². The van der Waals surface area contributed by atoms with E-state index in [0.29, 0.717) is 10.9 Å². The lowest BCUT2D eigenvalue weighted by molar-refractivity contribution is 0.232. The summed E-state index contributed by atoms with van der Waals surface area (Å²) in [6.45, 7) is 6.06. The van der Waals surface area contributed by atoms with E-state index in [-0.39, 0.29) is 12.0 Å². The highest BCUT2D eigenvalue weighted by atomic mass is 35.5. The quantitative estimate of drug-likeness (QED) is 0.809. The average molecular weight is 276 g/mol. The van der Waals surface area contributed by atoms with Gasteiger partial charge < -0.3 is 4.74 Å². The summed E-state index contributed by atoms with van der Waals surface area (Å²) < 4.78 is 5.54. The van der Waals surface area contributed by atoms with Crippen LogP contribution in [0.25, 0.3) is 0 Å². The standard InChI is InChI=1S/C16H18ClNO/c1-11(2)19-16-15(17)9-14(10-18-16)12(3)13-7-5-4-6-8-13/h4-12H,1-3H3/t12-/m0/s1. The molecule has 0 spiro atoms. The Morgan fingerprint density at radius 1 is 1.05 bits per heavy atom. The van der Waals surface area contributed by atoms with Gasteiger partial charge in [-0.1, -0.05) is 48.9 Å². The van der Waals surface area contributed by atoms with E-state index in [1.165, 1.54) is 5.56 Å². The molecule has 0 fully saturated rings. The van der Waals surface area contributed by atoms with Gasteiger partial charge in [0, 0.05) is 12.1 Å². The molecule has 0 saturated carbocycles. The number of rotatable bonds is 4. The maximum absolute atomic E-state index is 6.22. The van der Waals surface area contributed by atoms with E-state index < -0.39 is 0 Å². The second kappa shape index (κ2) is 6.07. The van der Waals surface area contributed by atoms with E-state index in [0.717, 1.165) is 5.56 Å². The summed E-state index contributed by atoms with van der Waals surface area (Å²) >= 11 is 6.22. The predicted octanol–water partition coefficient (Wildman–Crippen LogP) is 4.67. The van der Waals surface area contributed by atoms with Crippen molar-refractivity contribution < 1.29 is 4.74 Å². The fourth-order valence-corrected chi connectivity index (χ4v) is 2.14. The van der Waals surface area contributed by atoms with Crippen molar-refractivity contribution in [3.63, 3.8) is 0 Å². The number of aromatic nitrogens is 1. The molecule has 1 heterocycles. The number of pyridine rings is 1. The Labute approximate surface area is 119 Å². The Morgan fingerprint density at radius 2 is 1.74 bits per heavy atom. The number of benzene rings is 1. The molecule has 0 amide bonds. The molecule has 100 valence electrons. The molecule has 19 heavy (non-hydrogen) atoms. The van der Waals surface area contributed by atoms with Gasteiger partial charge in [0.25, 0.3) is 0 Å². The van der Waals surface area contributed by atoms with E-state index >= 15 is 0 Å². The molecule has 0 unspecified atom stereocenters. The molecular formula is C16H18ClNO. The highest BCUT2D eigenvalue weighted by Crippen LogP contribution is 2.29. The van der Waals surface area contributed by atoms with Crippen LogP contribution in [0.5, 0.6) is 5.88 Å². The first-order valence-electron chi connectivity index (χ1n) is 6.45. The summed E-state index contributed by atoms with van der Waals surface area (Å²) in [5.41, 5.74) is 2.34. The lowest BCUT2D eigenvalue weighted by Crippen LogP contribution is -2.08. The Kier molecular flexibility index (Phi) is 4.43. The Hall–Kier alpha value is -1.54. The number of hydrogen-bond donors (Lipinski definition) is 0. The van der Waals surface area contributed by atoms with Crippen LogP contribution in [0.3, 0.4) is 0 Å². The normalized spacial score (nSPS) is 12.5. The van der Waals surface area contributed by atoms with E-state index in [2.05, 4.69) is 24.0 Å². The summed E-state index contributed by atoms with van der Waals surface area (Å²) in [6, 6.07) is 12.2. The second-order valence-electron chi connectivity index (χ2n) is 4.85. The lowest BCUT2D eigenvalue weighted by atomic mass is 9.95. The number of halogens is 1. The maximum atomic E-state index is 6.22. The third-order valence-corrected chi connectivity index (χ3v) is 3.25. The first-order valence-corrected chi connectivity index (χ1v) is 6.82. The molecule has 0 saturated heterocycles. The Bertz CT molecular complexity index is 540. The van der Waals surface area contributed by atoms with E-state index in [9.17, 15) is 0 Å². The van der Waals surface area contributed by atoms with Crippen molar-refractivity contribution in [2.75, 3.05) is 0 Å². The van der Waals surface area contributed by atoms with Gasteiger partial charge in [-0.3, -0.25) is 0 Å². The fraction of sp³-hybridized carbons (Fsp3) is 0.312. The van der Waals surface area contributed by atoms with Crippen LogP contribution in [0, 0.1) is 0 Å². The summed E-state index contributed by atoms with van der Waals surface area (Å²) in [7, 11) is 0. The molecule has 1 aromatic carbocycles. The second-order valence-corrected chi connectivity index (χ2v) is 5.26. The topological polar surface area (TPSA) is 22.1 Å². The van der Waals surface area contributed by atoms with Crippen molar-refractivity contribution in [2.45, 2.75) is 32.8 Å². The van der Waals surface area contributed by atoms with Crippen LogP contribution in [-0.2, 0) is 0 Å². The minimum Gasteiger partial charge on any atom is -0.474 e. The molecule has 3 heteroatoms. The molecule has 0 aliphatic rings. The molecule has 2 rings (SSSR count). The predicted molar refractivity (Wildman–Crippen MR) is 79.0 cm³/mol. The van der Waals surface area contributed by atoms with Crippen LogP contribution in [-0.4, -0.2) is 11.1 Å². The van der Waals surface area contributed by atoms with Gasteiger partial charge in [0.15, 0.2) is 0 Å². The molecule has 1 atom stereocenters. The minimum atomic E-state index is 0.0717. The fourth-order valence-electron chi connectivity index (χ4n) is 1.92. The third-order valence-electron chi connectivity index (χ3n) is 2.98. The smallest absolute Gasteiger partial charge is 0.232 e. The zero-order valence-corrected chi connectivity index (χ0v) is 12.2. The van der Waals surface area contributed by atoms with Gasteiger partial charge in [-0.25, -0.2) is 4.98 Å². The monoisotopic (exact) mass is 275 g/mol. The zero-order valence-electron chi connectivity index (χ0n) is 11.4. The zero-order chi connectivity index (χ0) is 13.8. The Balaban J connectivity index is 2.25. The van der Waals surface area contributed by atoms with Crippen molar-refractivity contribution in [3.05, 3.63) is 58.7 Å². The largest absolute Gasteiger partial charge is 0.474 e. The summed E-state index contributed by atoms with van der Waals surface area (Å²) in [5, 5.41) is 0.564. The van der Waals surface area contributed by atoms with Gasteiger partial charge in [-0.2, -0.15) is 0 Å². The van der Waals surface area contributed by atoms with Crippen molar-refractivity contribution >= 4 is 11.6 Å². The summed E-state index contributed by atoms with van der Waals surface area (Å²) in [6.07, 6.45) is 1.91. The van der Waals surface area contributed by atoms with Crippen molar-refractivity contribution in [3.8, 4) is 5.88 Å². The average Bonchev–Trinajstić information content (AvgIpc) is 2.41. The maximum Gasteiger partial charge on any atom is 0.232 e. The molecule has 2 nitrogen and oxygen atoms in total. The van der Waals surface area contributed by atoms with Crippen LogP contribution in [0.2, 0.25) is 5.02 Å². The number of nitrogens with zero attached hydrogens (tertiary/aromatic N) is 1. The summed E-state index contributed by atoms with van der Waals surface area (Å²) in [4.78, 5) is 4.31. The van der Waals surface area contributed by atoms with Gasteiger partial charge in [0.2, 0.25) is 5.88 Å². The van der Waals surface area contributed by atoms with Crippen LogP contribution in [0.4, 0.5) is 0 Å². The Morgan fingerprint density at radius 3 is 2.32 bits per heavy atom. The summed E-state index contributed by atoms with van der Waals surface area (Å²) in [5.74, 6) is 0.764. The third kappa shape index (κ3) is 3.48. The van der Waals surface area contributed by atoms with Gasteiger partial charge in [0.1, 0.15) is 5.02 Å². The number of hydrogen-bond acceptors (Lipinski definition) is 2. The first kappa shape index (κ1) is 13.9. The molecule has 0 aliphatic heterocycles. The number of ether oxygens (including phenoxy) is 1. The minimum absolute atomic E-state index is 0.0717. The van der Waals surface area contributed by atoms with Crippen molar-refractivity contribution in [2.24, 2.45) is 0 Å². The van der Waals surface area contributed by atoms with Crippen LogP contribution in [0.15, 0.2) is 42.6 Å². The van der Waals surface area contributed by atoms with Crippen LogP contribution >= 0.6 is 11.6 Å². The molecule has 0 aliphatic carbocycles. The van der Waals surface area contributed by atoms with E-state index in [1.54, 1.807) is 0 Å². The molecule has 0 radical (unpaired) electrons. The van der Waals surface area contributed by atoms with Crippen molar-refractivity contribution in [1.29, 1.82) is 0 Å². The molecule has 2 aromatic rings. The molecule has 0 N–H and O–H groups in total. The van der Waals surface area contributed by atoms with Crippen LogP contribution in [0.1, 0.15) is 37.8 Å². The van der Waals surface area contributed by atoms with Crippen LogP contribution < -0.4 is 4.74 Å².